The molecule has 0 fully saturated rings. The van der Waals surface area contributed by atoms with Gasteiger partial charge in [0.1, 0.15) is 0 Å². The average Bonchev–Trinajstić information content (AvgIpc) is 2.79. The highest BCUT2D eigenvalue weighted by Crippen LogP contribution is 2.14. The van der Waals surface area contributed by atoms with Crippen molar-refractivity contribution in [2.24, 2.45) is 0 Å². The molecule has 0 aromatic heterocycles. The van der Waals surface area contributed by atoms with E-state index in [1.165, 1.54) is 9.80 Å². The fourth-order valence-electron chi connectivity index (χ4n) is 2.57. The summed E-state index contributed by atoms with van der Waals surface area (Å²) in [6.07, 6.45) is 2.92. The van der Waals surface area contributed by atoms with E-state index in [2.05, 4.69) is 28.2 Å². The lowest BCUT2D eigenvalue weighted by molar-refractivity contribution is -0.858. The van der Waals surface area contributed by atoms with Crippen molar-refractivity contribution in [1.29, 1.82) is 0 Å². The summed E-state index contributed by atoms with van der Waals surface area (Å²) in [4.78, 5) is 21.7. The third kappa shape index (κ3) is 21.3. The normalized spacial score (nSPS) is 11.8. The van der Waals surface area contributed by atoms with Gasteiger partial charge in [-0.05, 0) is 12.2 Å². The molecule has 0 unspecified atom stereocenters. The minimum absolute atomic E-state index is 0.384. The maximum absolute atomic E-state index is 9.41. The number of rotatable bonds is 16. The Labute approximate surface area is 207 Å². The van der Waals surface area contributed by atoms with Crippen molar-refractivity contribution < 1.29 is 56.2 Å². The van der Waals surface area contributed by atoms with E-state index in [0.29, 0.717) is 12.2 Å². The van der Waals surface area contributed by atoms with Crippen molar-refractivity contribution in [3.8, 4) is 0 Å². The van der Waals surface area contributed by atoms with E-state index in [4.69, 9.17) is 26.6 Å². The maximum atomic E-state index is 9.41. The highest BCUT2D eigenvalue weighted by atomic mass is 28.4. The first kappa shape index (κ1) is 37.3. The smallest absolute Gasteiger partial charge is 0.500 e. The van der Waals surface area contributed by atoms with Crippen LogP contribution in [0, 0.1) is 0 Å². The van der Waals surface area contributed by atoms with Crippen LogP contribution >= 0.6 is 0 Å². The van der Waals surface area contributed by atoms with Gasteiger partial charge in [0.25, 0.3) is 0 Å². The van der Waals surface area contributed by atoms with E-state index in [9.17, 15) is 19.8 Å². The zero-order chi connectivity index (χ0) is 27.2. The summed E-state index contributed by atoms with van der Waals surface area (Å²) in [5, 5.41) is 18.8. The average molecular weight is 531 g/mol. The molecule has 12 nitrogen and oxygen atoms in total. The predicted octanol–water partition coefficient (Wildman–Crippen LogP) is -4.16. The van der Waals surface area contributed by atoms with Gasteiger partial charge in [-0.1, -0.05) is 0 Å². The van der Waals surface area contributed by atoms with Gasteiger partial charge in [-0.3, -0.25) is 0 Å². The standard InChI is InChI=1S/2C8H21NO3Si.C4H4O4/c2*1-9(2)7-6-8-13(10-3,11-4)12-5;5-3(6)1-2-4(7)8/h2*6-8H2,1-5H3;1-2H,(H,5,6)(H,7,8)/b;;2-1-. The molecule has 0 heterocycles. The number of carbonyl (C=O) groups excluding carboxylic acids is 2. The molecule has 0 aliphatic rings. The zero-order valence-electron chi connectivity index (χ0n) is 22.5. The third-order valence-electron chi connectivity index (χ3n) is 4.54. The molecule has 0 aliphatic heterocycles. The zero-order valence-corrected chi connectivity index (χ0v) is 24.5. The van der Waals surface area contributed by atoms with Crippen molar-refractivity contribution >= 4 is 29.5 Å². The Kier molecular flexibility index (Phi) is 24.5. The molecule has 0 saturated heterocycles. The number of carboxylic acid groups (broad SMARTS) is 2. The molecule has 0 atom stereocenters. The lowest BCUT2D eigenvalue weighted by Gasteiger charge is -2.24. The minimum Gasteiger partial charge on any atom is -0.545 e. The summed E-state index contributed by atoms with van der Waals surface area (Å²) in [7, 11) is 13.9. The van der Waals surface area contributed by atoms with Crippen molar-refractivity contribution in [2.75, 3.05) is 83.9 Å². The summed E-state index contributed by atoms with van der Waals surface area (Å²) in [5.74, 6) is -3.09. The molecule has 0 spiro atoms. The van der Waals surface area contributed by atoms with Gasteiger partial charge in [0, 0.05) is 67.6 Å². The molecular weight excluding hydrogens is 484 g/mol. The summed E-state index contributed by atoms with van der Waals surface area (Å²) in [5.41, 5.74) is 0. The van der Waals surface area contributed by atoms with Crippen LogP contribution < -0.4 is 20.0 Å². The van der Waals surface area contributed by atoms with Crippen LogP contribution in [-0.4, -0.2) is 113 Å². The van der Waals surface area contributed by atoms with E-state index in [-0.39, 0.29) is 0 Å². The number of hydrogen-bond donors (Lipinski definition) is 2. The summed E-state index contributed by atoms with van der Waals surface area (Å²) >= 11 is 0. The van der Waals surface area contributed by atoms with Crippen LogP contribution in [0.15, 0.2) is 12.2 Å². The quantitative estimate of drug-likeness (QED) is 0.149. The Bertz CT molecular complexity index is 481. The van der Waals surface area contributed by atoms with Gasteiger partial charge >= 0.3 is 17.6 Å². The fourth-order valence-corrected chi connectivity index (χ4v) is 6.01. The van der Waals surface area contributed by atoms with Gasteiger partial charge in [-0.25, -0.2) is 0 Å². The Hall–Kier alpha value is -1.21. The second-order valence-electron chi connectivity index (χ2n) is 7.68. The minimum atomic E-state index is -2.30. The predicted molar refractivity (Wildman–Crippen MR) is 127 cm³/mol. The molecule has 0 aromatic rings. The molecule has 0 aliphatic carbocycles. The lowest BCUT2D eigenvalue weighted by atomic mass is 10.5. The molecular formula is C20H46N2O10Si2. The largest absolute Gasteiger partial charge is 0.545 e. The van der Waals surface area contributed by atoms with Crippen molar-refractivity contribution in [2.45, 2.75) is 24.9 Å². The van der Waals surface area contributed by atoms with Gasteiger partial charge in [-0.2, -0.15) is 0 Å². The van der Waals surface area contributed by atoms with Crippen LogP contribution in [-0.2, 0) is 36.1 Å². The number of aliphatic carboxylic acids is 2. The lowest BCUT2D eigenvalue weighted by Crippen LogP contribution is -3.05. The van der Waals surface area contributed by atoms with Crippen molar-refractivity contribution in [3.63, 3.8) is 0 Å². The Morgan fingerprint density at radius 1 is 0.618 bits per heavy atom. The topological polar surface area (TPSA) is 145 Å². The Morgan fingerprint density at radius 3 is 1.00 bits per heavy atom. The fraction of sp³-hybridized carbons (Fsp3) is 0.800. The second kappa shape index (κ2) is 22.3. The summed E-state index contributed by atoms with van der Waals surface area (Å²) in [6.45, 7) is 2.23. The van der Waals surface area contributed by atoms with Crippen LogP contribution in [0.4, 0.5) is 0 Å². The molecule has 204 valence electrons. The maximum Gasteiger partial charge on any atom is 0.500 e. The van der Waals surface area contributed by atoms with Crippen LogP contribution in [0.2, 0.25) is 12.1 Å². The summed E-state index contributed by atoms with van der Waals surface area (Å²) < 4.78 is 31.8. The molecule has 0 aromatic carbocycles. The molecule has 0 radical (unpaired) electrons. The Morgan fingerprint density at radius 2 is 0.853 bits per heavy atom. The van der Waals surface area contributed by atoms with Gasteiger partial charge in [0.2, 0.25) is 0 Å². The van der Waals surface area contributed by atoms with E-state index in [1.54, 1.807) is 42.7 Å². The first-order valence-corrected chi connectivity index (χ1v) is 14.7. The van der Waals surface area contributed by atoms with E-state index in [0.717, 1.165) is 38.0 Å². The first-order valence-electron chi connectivity index (χ1n) is 10.8. The molecule has 0 rings (SSSR count). The van der Waals surface area contributed by atoms with Gasteiger partial charge in [0.15, 0.2) is 0 Å². The molecule has 0 bridgehead atoms. The number of quaternary nitrogens is 2. The van der Waals surface area contributed by atoms with Crippen molar-refractivity contribution in [3.05, 3.63) is 12.2 Å². The van der Waals surface area contributed by atoms with E-state index in [1.807, 2.05) is 0 Å². The second-order valence-corrected chi connectivity index (χ2v) is 13.9. The SMILES string of the molecule is CO[Si](CCC[NH+](C)C)(OC)OC.CO[Si](CCC[NH+](C)C)(OC)OC.O=C([O-])/C=C\C(=O)[O-]. The van der Waals surface area contributed by atoms with Gasteiger partial charge in [0.05, 0.1) is 53.2 Å². The van der Waals surface area contributed by atoms with E-state index >= 15 is 0 Å². The van der Waals surface area contributed by atoms with Crippen LogP contribution in [0.25, 0.3) is 0 Å². The summed E-state index contributed by atoms with van der Waals surface area (Å²) in [6, 6.07) is 1.78. The molecule has 14 heteroatoms. The van der Waals surface area contributed by atoms with Gasteiger partial charge < -0.3 is 56.2 Å². The monoisotopic (exact) mass is 530 g/mol. The van der Waals surface area contributed by atoms with Crippen LogP contribution in [0.3, 0.4) is 0 Å². The molecule has 2 N–H and O–H groups in total. The molecule has 34 heavy (non-hydrogen) atoms. The Balaban J connectivity index is -0.000000438. The highest BCUT2D eigenvalue weighted by Gasteiger charge is 2.37. The van der Waals surface area contributed by atoms with Crippen LogP contribution in [0.5, 0.6) is 0 Å². The first-order chi connectivity index (χ1) is 15.8. The number of nitrogens with one attached hydrogen (secondary N) is 2. The van der Waals surface area contributed by atoms with E-state index < -0.39 is 29.5 Å². The number of hydrogen-bond acceptors (Lipinski definition) is 10. The van der Waals surface area contributed by atoms with Gasteiger partial charge in [-0.15, -0.1) is 0 Å². The highest BCUT2D eigenvalue weighted by molar-refractivity contribution is 6.60. The number of carbonyl (C=O) groups is 2. The van der Waals surface area contributed by atoms with Crippen LogP contribution in [0.1, 0.15) is 12.8 Å². The molecule has 0 saturated carbocycles. The van der Waals surface area contributed by atoms with Crippen molar-refractivity contribution in [1.82, 2.24) is 0 Å². The number of carboxylic acids is 2. The molecule has 0 amide bonds. The third-order valence-corrected chi connectivity index (χ3v) is 10.2.